The number of nitrogens with zero attached hydrogens (tertiary/aromatic N) is 1. The van der Waals surface area contributed by atoms with Crippen LogP contribution < -0.4 is 9.61 Å². The Hall–Kier alpha value is -2.31. The number of halogens is 2. The monoisotopic (exact) mass is 326 g/mol. The molecule has 0 heterocycles. The van der Waals surface area contributed by atoms with Crippen molar-refractivity contribution in [2.75, 3.05) is 5.32 Å². The van der Waals surface area contributed by atoms with Gasteiger partial charge in [-0.1, -0.05) is 29.8 Å². The van der Waals surface area contributed by atoms with E-state index in [9.17, 15) is 14.9 Å². The summed E-state index contributed by atoms with van der Waals surface area (Å²) in [5.41, 5.74) is 0.144. The van der Waals surface area contributed by atoms with Crippen molar-refractivity contribution >= 4 is 40.7 Å². The smallest absolute Gasteiger partial charge is 0.291 e. The third-order valence-corrected chi connectivity index (χ3v) is 3.15. The number of amides is 1. The summed E-state index contributed by atoms with van der Waals surface area (Å²) >= 11 is 11.1. The predicted molar refractivity (Wildman–Crippen MR) is 79.0 cm³/mol. The summed E-state index contributed by atoms with van der Waals surface area (Å²) in [6.07, 6.45) is 0. The van der Waals surface area contributed by atoms with Gasteiger partial charge in [0.2, 0.25) is 0 Å². The first kappa shape index (κ1) is 15.1. The Labute approximate surface area is 129 Å². The number of benzene rings is 2. The van der Waals surface area contributed by atoms with Crippen molar-refractivity contribution in [2.24, 2.45) is 0 Å². The van der Waals surface area contributed by atoms with E-state index in [0.29, 0.717) is 5.69 Å². The van der Waals surface area contributed by atoms with E-state index in [4.69, 9.17) is 23.5 Å². The van der Waals surface area contributed by atoms with Crippen LogP contribution in [0.3, 0.4) is 0 Å². The summed E-state index contributed by atoms with van der Waals surface area (Å²) in [5, 5.41) is 13.0. The Balaban J connectivity index is 2.37. The van der Waals surface area contributed by atoms with Gasteiger partial charge in [0.05, 0.1) is 10.5 Å². The molecular formula is C13H8Cl2N2O4. The van der Waals surface area contributed by atoms with Gasteiger partial charge in [0, 0.05) is 11.8 Å². The second-order valence-corrected chi connectivity index (χ2v) is 4.46. The fourth-order valence-electron chi connectivity index (χ4n) is 1.66. The SMILES string of the molecule is O=C(Nc1ccccc1)c1ccc([N+](=O)[O-])c(Cl)c1OCl. The van der Waals surface area contributed by atoms with E-state index in [1.807, 2.05) is 0 Å². The molecule has 0 radical (unpaired) electrons. The number of nitrogens with one attached hydrogen (secondary N) is 1. The average molecular weight is 327 g/mol. The van der Waals surface area contributed by atoms with Gasteiger partial charge in [-0.15, -0.1) is 0 Å². The number of hydrogen-bond acceptors (Lipinski definition) is 4. The third kappa shape index (κ3) is 3.24. The zero-order valence-corrected chi connectivity index (χ0v) is 11.9. The van der Waals surface area contributed by atoms with Crippen LogP contribution in [0.1, 0.15) is 10.4 Å². The molecule has 0 aromatic heterocycles. The van der Waals surface area contributed by atoms with E-state index in [-0.39, 0.29) is 16.3 Å². The lowest BCUT2D eigenvalue weighted by atomic mass is 10.1. The minimum Gasteiger partial charge on any atom is -0.383 e. The fraction of sp³-hybridized carbons (Fsp3) is 0. The zero-order chi connectivity index (χ0) is 15.4. The van der Waals surface area contributed by atoms with Crippen LogP contribution in [0.15, 0.2) is 42.5 Å². The lowest BCUT2D eigenvalue weighted by Crippen LogP contribution is -2.13. The van der Waals surface area contributed by atoms with Gasteiger partial charge in [0.1, 0.15) is 11.9 Å². The molecule has 2 aromatic carbocycles. The molecule has 8 heteroatoms. The maximum Gasteiger partial charge on any atom is 0.291 e. The van der Waals surface area contributed by atoms with Gasteiger partial charge >= 0.3 is 0 Å². The molecule has 0 unspecified atom stereocenters. The van der Waals surface area contributed by atoms with Gasteiger partial charge in [-0.05, 0) is 18.2 Å². The molecule has 21 heavy (non-hydrogen) atoms. The number of nitro groups is 1. The minimum atomic E-state index is -0.694. The van der Waals surface area contributed by atoms with Crippen molar-refractivity contribution in [2.45, 2.75) is 0 Å². The van der Waals surface area contributed by atoms with Crippen LogP contribution in [0, 0.1) is 10.1 Å². The number of carbonyl (C=O) groups is 1. The molecule has 0 saturated heterocycles. The number of para-hydroxylation sites is 1. The molecule has 6 nitrogen and oxygen atoms in total. The van der Waals surface area contributed by atoms with Crippen LogP contribution >= 0.6 is 23.5 Å². The van der Waals surface area contributed by atoms with E-state index in [1.165, 1.54) is 6.07 Å². The Morgan fingerprint density at radius 3 is 2.43 bits per heavy atom. The van der Waals surface area contributed by atoms with Crippen molar-refractivity contribution in [3.63, 3.8) is 0 Å². The Bertz CT molecular complexity index is 692. The highest BCUT2D eigenvalue weighted by molar-refractivity contribution is 6.35. The Morgan fingerprint density at radius 2 is 1.86 bits per heavy atom. The van der Waals surface area contributed by atoms with Crippen molar-refractivity contribution in [3.05, 3.63) is 63.2 Å². The van der Waals surface area contributed by atoms with Crippen LogP contribution in [-0.2, 0) is 0 Å². The quantitative estimate of drug-likeness (QED) is 0.679. The van der Waals surface area contributed by atoms with Crippen molar-refractivity contribution in [3.8, 4) is 5.75 Å². The van der Waals surface area contributed by atoms with Crippen molar-refractivity contribution in [1.82, 2.24) is 0 Å². The van der Waals surface area contributed by atoms with Gasteiger partial charge in [0.25, 0.3) is 11.6 Å². The second kappa shape index (κ2) is 6.43. The van der Waals surface area contributed by atoms with Crippen LogP contribution in [0.25, 0.3) is 0 Å². The fourth-order valence-corrected chi connectivity index (χ4v) is 2.13. The third-order valence-electron chi connectivity index (χ3n) is 2.63. The van der Waals surface area contributed by atoms with Crippen LogP contribution in [0.4, 0.5) is 11.4 Å². The van der Waals surface area contributed by atoms with E-state index >= 15 is 0 Å². The molecule has 0 aliphatic rings. The maximum absolute atomic E-state index is 12.1. The summed E-state index contributed by atoms with van der Waals surface area (Å²) in [4.78, 5) is 22.2. The van der Waals surface area contributed by atoms with Crippen LogP contribution in [-0.4, -0.2) is 10.8 Å². The summed E-state index contributed by atoms with van der Waals surface area (Å²) in [5.74, 6) is -0.811. The minimum absolute atomic E-state index is 0.00977. The van der Waals surface area contributed by atoms with Gasteiger partial charge in [-0.25, -0.2) is 0 Å². The van der Waals surface area contributed by atoms with Crippen molar-refractivity contribution < 1.29 is 14.0 Å². The standard InChI is InChI=1S/C13H8Cl2N2O4/c14-11-10(17(19)20)7-6-9(12(11)21-15)13(18)16-8-4-2-1-3-5-8/h1-7H,(H,16,18). The molecule has 1 amide bonds. The highest BCUT2D eigenvalue weighted by Crippen LogP contribution is 2.37. The molecule has 0 aliphatic carbocycles. The van der Waals surface area contributed by atoms with E-state index in [1.54, 1.807) is 30.3 Å². The molecule has 0 spiro atoms. The first-order valence-electron chi connectivity index (χ1n) is 5.66. The number of carbonyl (C=O) groups excluding carboxylic acids is 1. The largest absolute Gasteiger partial charge is 0.383 e. The lowest BCUT2D eigenvalue weighted by molar-refractivity contribution is -0.384. The number of rotatable bonds is 4. The Kier molecular flexibility index (Phi) is 4.62. The second-order valence-electron chi connectivity index (χ2n) is 3.93. The topological polar surface area (TPSA) is 81.5 Å². The molecular weight excluding hydrogens is 319 g/mol. The van der Waals surface area contributed by atoms with Gasteiger partial charge in [-0.2, -0.15) is 0 Å². The maximum atomic E-state index is 12.1. The van der Waals surface area contributed by atoms with Crippen molar-refractivity contribution in [1.29, 1.82) is 0 Å². The summed E-state index contributed by atoms with van der Waals surface area (Å²) in [6, 6.07) is 11.0. The van der Waals surface area contributed by atoms with E-state index in [0.717, 1.165) is 6.07 Å². The molecule has 0 saturated carbocycles. The molecule has 2 aromatic rings. The predicted octanol–water partition coefficient (Wildman–Crippen LogP) is 4.03. The Morgan fingerprint density at radius 1 is 1.19 bits per heavy atom. The highest BCUT2D eigenvalue weighted by atomic mass is 35.5. The van der Waals surface area contributed by atoms with Crippen LogP contribution in [0.5, 0.6) is 5.75 Å². The molecule has 108 valence electrons. The normalized spacial score (nSPS) is 10.0. The molecule has 1 N–H and O–H groups in total. The zero-order valence-electron chi connectivity index (χ0n) is 10.4. The average Bonchev–Trinajstić information content (AvgIpc) is 2.47. The number of anilines is 1. The van der Waals surface area contributed by atoms with E-state index < -0.39 is 16.5 Å². The molecule has 0 atom stereocenters. The molecule has 0 fully saturated rings. The molecule has 0 aliphatic heterocycles. The van der Waals surface area contributed by atoms with Gasteiger partial charge in [-0.3, -0.25) is 14.9 Å². The number of nitro benzene ring substituents is 1. The molecule has 2 rings (SSSR count). The first-order chi connectivity index (χ1) is 10.0. The van der Waals surface area contributed by atoms with E-state index in [2.05, 4.69) is 9.61 Å². The summed E-state index contributed by atoms with van der Waals surface area (Å²) in [6.45, 7) is 0. The highest BCUT2D eigenvalue weighted by Gasteiger charge is 2.24. The van der Waals surface area contributed by atoms with Gasteiger partial charge in [0.15, 0.2) is 10.8 Å². The molecule has 0 bridgehead atoms. The number of hydrogen-bond donors (Lipinski definition) is 1. The first-order valence-corrected chi connectivity index (χ1v) is 6.35. The van der Waals surface area contributed by atoms with Crippen LogP contribution in [0.2, 0.25) is 5.02 Å². The summed E-state index contributed by atoms with van der Waals surface area (Å²) < 4.78 is 4.50. The lowest BCUT2D eigenvalue weighted by Gasteiger charge is -2.09. The van der Waals surface area contributed by atoms with Gasteiger partial charge < -0.3 is 9.61 Å². The summed E-state index contributed by atoms with van der Waals surface area (Å²) in [7, 11) is 0.